The first kappa shape index (κ1) is 26.5. The molecule has 0 saturated carbocycles. The van der Waals surface area contributed by atoms with Crippen LogP contribution >= 0.6 is 11.6 Å². The minimum atomic E-state index is -0.665. The SMILES string of the molecule is CCC(C)NC(=O)C(Cc1ccccc1)N(Cc1ccccc1Cl)C(=O)Cc1ccc(C)c(C)c1. The second kappa shape index (κ2) is 12.6. The molecule has 0 spiro atoms. The van der Waals surface area contributed by atoms with Crippen LogP contribution in [0, 0.1) is 13.8 Å². The smallest absolute Gasteiger partial charge is 0.243 e. The van der Waals surface area contributed by atoms with Crippen molar-refractivity contribution >= 4 is 23.4 Å². The van der Waals surface area contributed by atoms with Gasteiger partial charge in [0.2, 0.25) is 11.8 Å². The van der Waals surface area contributed by atoms with E-state index in [1.165, 1.54) is 5.56 Å². The van der Waals surface area contributed by atoms with Crippen LogP contribution in [-0.2, 0) is 29.0 Å². The summed E-state index contributed by atoms with van der Waals surface area (Å²) in [6, 6.07) is 22.7. The Morgan fingerprint density at radius 3 is 2.26 bits per heavy atom. The lowest BCUT2D eigenvalue weighted by atomic mass is 10.00. The maximum atomic E-state index is 13.8. The molecule has 0 radical (unpaired) electrons. The van der Waals surface area contributed by atoms with Crippen molar-refractivity contribution in [2.75, 3.05) is 0 Å². The van der Waals surface area contributed by atoms with Crippen molar-refractivity contribution in [1.82, 2.24) is 10.2 Å². The Morgan fingerprint density at radius 1 is 0.914 bits per heavy atom. The summed E-state index contributed by atoms with van der Waals surface area (Å²) in [7, 11) is 0. The van der Waals surface area contributed by atoms with Gasteiger partial charge in [-0.2, -0.15) is 0 Å². The zero-order chi connectivity index (χ0) is 25.4. The summed E-state index contributed by atoms with van der Waals surface area (Å²) in [6.45, 7) is 8.37. The fourth-order valence-electron chi connectivity index (χ4n) is 3.99. The van der Waals surface area contributed by atoms with Crippen LogP contribution in [0.2, 0.25) is 5.02 Å². The molecule has 3 aromatic rings. The molecule has 2 amide bonds. The van der Waals surface area contributed by atoms with Gasteiger partial charge >= 0.3 is 0 Å². The standard InChI is InChI=1S/C30H35ClN2O2/c1-5-23(4)32-30(35)28(18-24-11-7-6-8-12-24)33(20-26-13-9-10-14-27(26)31)29(34)19-25-16-15-21(2)22(3)17-25/h6-17,23,28H,5,18-20H2,1-4H3,(H,32,35). The van der Waals surface area contributed by atoms with Gasteiger partial charge in [-0.1, -0.05) is 85.3 Å². The number of halogens is 1. The first-order valence-corrected chi connectivity index (χ1v) is 12.6. The van der Waals surface area contributed by atoms with Crippen LogP contribution < -0.4 is 5.32 Å². The van der Waals surface area contributed by atoms with Crippen LogP contribution in [0.1, 0.15) is 48.1 Å². The van der Waals surface area contributed by atoms with Crippen LogP contribution in [0.15, 0.2) is 72.8 Å². The average molecular weight is 491 g/mol. The zero-order valence-corrected chi connectivity index (χ0v) is 21.8. The number of benzene rings is 3. The van der Waals surface area contributed by atoms with E-state index in [-0.39, 0.29) is 30.8 Å². The topological polar surface area (TPSA) is 49.4 Å². The Morgan fingerprint density at radius 2 is 1.60 bits per heavy atom. The molecule has 2 atom stereocenters. The Balaban J connectivity index is 1.99. The molecule has 1 N–H and O–H groups in total. The Hall–Kier alpha value is -3.11. The molecule has 2 unspecified atom stereocenters. The second-order valence-electron chi connectivity index (χ2n) is 9.23. The first-order chi connectivity index (χ1) is 16.8. The predicted octanol–water partition coefficient (Wildman–Crippen LogP) is 6.05. The van der Waals surface area contributed by atoms with Gasteiger partial charge in [0.25, 0.3) is 0 Å². The number of rotatable bonds is 10. The van der Waals surface area contributed by atoms with Gasteiger partial charge in [-0.15, -0.1) is 0 Å². The van der Waals surface area contributed by atoms with Crippen LogP contribution in [0.4, 0.5) is 0 Å². The molecule has 0 aliphatic heterocycles. The largest absolute Gasteiger partial charge is 0.352 e. The van der Waals surface area contributed by atoms with Crippen molar-refractivity contribution in [3.05, 3.63) is 106 Å². The quantitative estimate of drug-likeness (QED) is 0.376. The lowest BCUT2D eigenvalue weighted by Crippen LogP contribution is -2.52. The number of hydrogen-bond acceptors (Lipinski definition) is 2. The summed E-state index contributed by atoms with van der Waals surface area (Å²) < 4.78 is 0. The monoisotopic (exact) mass is 490 g/mol. The normalized spacial score (nSPS) is 12.6. The molecule has 0 bridgehead atoms. The summed E-state index contributed by atoms with van der Waals surface area (Å²) in [6.07, 6.45) is 1.45. The lowest BCUT2D eigenvalue weighted by Gasteiger charge is -2.32. The Kier molecular flexibility index (Phi) is 9.50. The van der Waals surface area contributed by atoms with Crippen molar-refractivity contribution in [3.8, 4) is 0 Å². The zero-order valence-electron chi connectivity index (χ0n) is 21.1. The number of aryl methyl sites for hydroxylation is 2. The second-order valence-corrected chi connectivity index (χ2v) is 9.64. The molecule has 35 heavy (non-hydrogen) atoms. The molecule has 184 valence electrons. The third kappa shape index (κ3) is 7.43. The first-order valence-electron chi connectivity index (χ1n) is 12.2. The maximum absolute atomic E-state index is 13.8. The Bertz CT molecular complexity index is 1150. The highest BCUT2D eigenvalue weighted by atomic mass is 35.5. The molecule has 4 nitrogen and oxygen atoms in total. The molecule has 0 aliphatic carbocycles. The summed E-state index contributed by atoms with van der Waals surface area (Å²) in [5, 5.41) is 3.68. The highest BCUT2D eigenvalue weighted by molar-refractivity contribution is 6.31. The molecular weight excluding hydrogens is 456 g/mol. The van der Waals surface area contributed by atoms with Crippen molar-refractivity contribution in [2.24, 2.45) is 0 Å². The van der Waals surface area contributed by atoms with Gasteiger partial charge in [0, 0.05) is 24.0 Å². The van der Waals surface area contributed by atoms with E-state index in [4.69, 9.17) is 11.6 Å². The third-order valence-corrected chi connectivity index (χ3v) is 6.87. The molecule has 5 heteroatoms. The molecule has 0 aliphatic rings. The number of nitrogens with one attached hydrogen (secondary N) is 1. The minimum Gasteiger partial charge on any atom is -0.352 e. The molecule has 3 rings (SSSR count). The van der Waals surface area contributed by atoms with Crippen molar-refractivity contribution in [2.45, 2.75) is 65.6 Å². The van der Waals surface area contributed by atoms with Crippen LogP contribution in [0.25, 0.3) is 0 Å². The van der Waals surface area contributed by atoms with Gasteiger partial charge in [-0.05, 0) is 61.1 Å². The van der Waals surface area contributed by atoms with Crippen LogP contribution in [-0.4, -0.2) is 28.8 Å². The predicted molar refractivity (Wildman–Crippen MR) is 143 cm³/mol. The fourth-order valence-corrected chi connectivity index (χ4v) is 4.19. The van der Waals surface area contributed by atoms with E-state index in [1.807, 2.05) is 93.6 Å². The van der Waals surface area contributed by atoms with Crippen molar-refractivity contribution < 1.29 is 9.59 Å². The molecule has 0 saturated heterocycles. The highest BCUT2D eigenvalue weighted by Gasteiger charge is 2.31. The number of hydrogen-bond donors (Lipinski definition) is 1. The number of amides is 2. The van der Waals surface area contributed by atoms with E-state index in [0.717, 1.165) is 28.7 Å². The maximum Gasteiger partial charge on any atom is 0.243 e. The van der Waals surface area contributed by atoms with E-state index in [2.05, 4.69) is 12.2 Å². The van der Waals surface area contributed by atoms with E-state index >= 15 is 0 Å². The van der Waals surface area contributed by atoms with E-state index < -0.39 is 6.04 Å². The number of carbonyl (C=O) groups is 2. The lowest BCUT2D eigenvalue weighted by molar-refractivity contribution is -0.141. The van der Waals surface area contributed by atoms with Gasteiger partial charge in [-0.25, -0.2) is 0 Å². The van der Waals surface area contributed by atoms with E-state index in [1.54, 1.807) is 4.90 Å². The van der Waals surface area contributed by atoms with E-state index in [9.17, 15) is 9.59 Å². The third-order valence-electron chi connectivity index (χ3n) is 6.50. The van der Waals surface area contributed by atoms with Gasteiger partial charge in [0.15, 0.2) is 0 Å². The summed E-state index contributed by atoms with van der Waals surface area (Å²) in [4.78, 5) is 29.1. The average Bonchev–Trinajstić information content (AvgIpc) is 2.85. The van der Waals surface area contributed by atoms with Gasteiger partial charge in [0.05, 0.1) is 6.42 Å². The molecule has 3 aromatic carbocycles. The van der Waals surface area contributed by atoms with Crippen molar-refractivity contribution in [3.63, 3.8) is 0 Å². The highest BCUT2D eigenvalue weighted by Crippen LogP contribution is 2.22. The molecule has 0 fully saturated rings. The van der Waals surface area contributed by atoms with Gasteiger partial charge in [0.1, 0.15) is 6.04 Å². The fraction of sp³-hybridized carbons (Fsp3) is 0.333. The van der Waals surface area contributed by atoms with Crippen LogP contribution in [0.5, 0.6) is 0 Å². The summed E-state index contributed by atoms with van der Waals surface area (Å²) >= 11 is 6.48. The van der Waals surface area contributed by atoms with E-state index in [0.29, 0.717) is 11.4 Å². The summed E-state index contributed by atoms with van der Waals surface area (Å²) in [5.74, 6) is -0.253. The molecule has 0 heterocycles. The van der Waals surface area contributed by atoms with Crippen molar-refractivity contribution in [1.29, 1.82) is 0 Å². The Labute approximate surface area is 214 Å². The van der Waals surface area contributed by atoms with Gasteiger partial charge in [-0.3, -0.25) is 9.59 Å². The number of nitrogens with zero attached hydrogens (tertiary/aromatic N) is 1. The molecular formula is C30H35ClN2O2. The van der Waals surface area contributed by atoms with Crippen LogP contribution in [0.3, 0.4) is 0 Å². The minimum absolute atomic E-state index is 0.0118. The van der Waals surface area contributed by atoms with Gasteiger partial charge < -0.3 is 10.2 Å². The summed E-state index contributed by atoms with van der Waals surface area (Å²) in [5.41, 5.74) is 5.08. The molecule has 0 aromatic heterocycles. The number of carbonyl (C=O) groups excluding carboxylic acids is 2.